The van der Waals surface area contributed by atoms with E-state index in [2.05, 4.69) is 5.32 Å². The molecule has 1 aromatic carbocycles. The van der Waals surface area contributed by atoms with Crippen LogP contribution in [0.25, 0.3) is 0 Å². The highest BCUT2D eigenvalue weighted by molar-refractivity contribution is 6.40. The maximum absolute atomic E-state index is 11.8. The van der Waals surface area contributed by atoms with Crippen molar-refractivity contribution < 1.29 is 9.59 Å². The highest BCUT2D eigenvalue weighted by Gasteiger charge is 2.19. The van der Waals surface area contributed by atoms with Crippen molar-refractivity contribution in [2.45, 2.75) is 20.8 Å². The molecular weight excluding hydrogens is 252 g/mol. The Kier molecular flexibility index (Phi) is 5.16. The van der Waals surface area contributed by atoms with Gasteiger partial charge < -0.3 is 10.2 Å². The van der Waals surface area contributed by atoms with Gasteiger partial charge in [-0.2, -0.15) is 0 Å². The van der Waals surface area contributed by atoms with E-state index in [0.29, 0.717) is 23.8 Å². The number of nitrogens with zero attached hydrogens (tertiary/aromatic N) is 1. The van der Waals surface area contributed by atoms with E-state index in [1.54, 1.807) is 25.1 Å². The third kappa shape index (κ3) is 3.23. The molecule has 0 atom stereocenters. The van der Waals surface area contributed by atoms with E-state index in [9.17, 15) is 9.59 Å². The SMILES string of the molecule is CCN(CC)C(=O)C(=O)Nc1cccc(Cl)c1C. The average Bonchev–Trinajstić information content (AvgIpc) is 2.36. The Bertz CT molecular complexity index is 456. The summed E-state index contributed by atoms with van der Waals surface area (Å²) in [6.07, 6.45) is 0. The molecule has 0 bridgehead atoms. The fraction of sp³-hybridized carbons (Fsp3) is 0.385. The van der Waals surface area contributed by atoms with Gasteiger partial charge in [-0.25, -0.2) is 0 Å². The summed E-state index contributed by atoms with van der Waals surface area (Å²) >= 11 is 5.95. The molecule has 0 saturated heterocycles. The van der Waals surface area contributed by atoms with Crippen molar-refractivity contribution >= 4 is 29.1 Å². The standard InChI is InChI=1S/C13H17ClN2O2/c1-4-16(5-2)13(18)12(17)15-11-8-6-7-10(14)9(11)3/h6-8H,4-5H2,1-3H3,(H,15,17). The smallest absolute Gasteiger partial charge is 0.313 e. The van der Waals surface area contributed by atoms with E-state index < -0.39 is 11.8 Å². The molecule has 2 amide bonds. The van der Waals surface area contributed by atoms with Gasteiger partial charge in [-0.05, 0) is 38.5 Å². The summed E-state index contributed by atoms with van der Waals surface area (Å²) in [7, 11) is 0. The first-order valence-electron chi connectivity index (χ1n) is 5.86. The zero-order chi connectivity index (χ0) is 13.7. The summed E-state index contributed by atoms with van der Waals surface area (Å²) in [6.45, 7) is 6.48. The van der Waals surface area contributed by atoms with E-state index in [4.69, 9.17) is 11.6 Å². The number of carbonyl (C=O) groups excluding carboxylic acids is 2. The van der Waals surface area contributed by atoms with Gasteiger partial charge in [0.05, 0.1) is 0 Å². The van der Waals surface area contributed by atoms with Crippen molar-refractivity contribution in [3.8, 4) is 0 Å². The lowest BCUT2D eigenvalue weighted by molar-refractivity contribution is -0.142. The predicted molar refractivity (Wildman–Crippen MR) is 72.7 cm³/mol. The predicted octanol–water partition coefficient (Wildman–Crippen LogP) is 2.46. The fourth-order valence-electron chi connectivity index (χ4n) is 1.57. The van der Waals surface area contributed by atoms with Gasteiger partial charge in [0, 0.05) is 23.8 Å². The number of halogens is 1. The number of amides is 2. The van der Waals surface area contributed by atoms with Crippen LogP contribution in [0.2, 0.25) is 5.02 Å². The van der Waals surface area contributed by atoms with Crippen molar-refractivity contribution in [3.05, 3.63) is 28.8 Å². The van der Waals surface area contributed by atoms with Crippen LogP contribution in [0.1, 0.15) is 19.4 Å². The molecule has 0 heterocycles. The molecular formula is C13H17ClN2O2. The largest absolute Gasteiger partial charge is 0.335 e. The topological polar surface area (TPSA) is 49.4 Å². The number of benzene rings is 1. The Balaban J connectivity index is 2.82. The molecule has 0 spiro atoms. The quantitative estimate of drug-likeness (QED) is 0.856. The van der Waals surface area contributed by atoms with Crippen LogP contribution in [0, 0.1) is 6.92 Å². The minimum atomic E-state index is -0.635. The van der Waals surface area contributed by atoms with E-state index in [0.717, 1.165) is 5.56 Å². The summed E-state index contributed by atoms with van der Waals surface area (Å²) in [6, 6.07) is 5.18. The van der Waals surface area contributed by atoms with Crippen LogP contribution in [-0.2, 0) is 9.59 Å². The first-order chi connectivity index (χ1) is 8.51. The second kappa shape index (κ2) is 6.40. The van der Waals surface area contributed by atoms with E-state index in [1.807, 2.05) is 13.8 Å². The van der Waals surface area contributed by atoms with Crippen molar-refractivity contribution in [2.24, 2.45) is 0 Å². The van der Waals surface area contributed by atoms with Gasteiger partial charge in [0.15, 0.2) is 0 Å². The third-order valence-corrected chi connectivity index (χ3v) is 3.17. The summed E-state index contributed by atoms with van der Waals surface area (Å²) in [4.78, 5) is 25.0. The van der Waals surface area contributed by atoms with Gasteiger partial charge in [-0.3, -0.25) is 9.59 Å². The second-order valence-electron chi connectivity index (χ2n) is 3.84. The van der Waals surface area contributed by atoms with E-state index in [1.165, 1.54) is 4.90 Å². The molecule has 1 N–H and O–H groups in total. The highest BCUT2D eigenvalue weighted by Crippen LogP contribution is 2.22. The molecule has 0 aliphatic rings. The number of rotatable bonds is 3. The van der Waals surface area contributed by atoms with Crippen molar-refractivity contribution in [1.82, 2.24) is 4.90 Å². The fourth-order valence-corrected chi connectivity index (χ4v) is 1.75. The summed E-state index contributed by atoms with van der Waals surface area (Å²) in [5.41, 5.74) is 1.31. The van der Waals surface area contributed by atoms with Crippen LogP contribution < -0.4 is 5.32 Å². The molecule has 0 radical (unpaired) electrons. The Morgan fingerprint density at radius 1 is 1.28 bits per heavy atom. The maximum Gasteiger partial charge on any atom is 0.313 e. The molecule has 0 saturated carbocycles. The van der Waals surface area contributed by atoms with E-state index >= 15 is 0 Å². The maximum atomic E-state index is 11.8. The minimum absolute atomic E-state index is 0.511. The lowest BCUT2D eigenvalue weighted by atomic mass is 10.2. The molecule has 18 heavy (non-hydrogen) atoms. The molecule has 0 aliphatic heterocycles. The van der Waals surface area contributed by atoms with Gasteiger partial charge in [0.1, 0.15) is 0 Å². The van der Waals surface area contributed by atoms with Gasteiger partial charge in [0.25, 0.3) is 0 Å². The number of anilines is 1. The van der Waals surface area contributed by atoms with Crippen LogP contribution in [0.5, 0.6) is 0 Å². The van der Waals surface area contributed by atoms with Gasteiger partial charge in [-0.1, -0.05) is 17.7 Å². The third-order valence-electron chi connectivity index (χ3n) is 2.76. The monoisotopic (exact) mass is 268 g/mol. The molecule has 98 valence electrons. The lowest BCUT2D eigenvalue weighted by Crippen LogP contribution is -2.39. The second-order valence-corrected chi connectivity index (χ2v) is 4.25. The van der Waals surface area contributed by atoms with Crippen LogP contribution >= 0.6 is 11.6 Å². The zero-order valence-electron chi connectivity index (χ0n) is 10.8. The number of likely N-dealkylation sites (N-methyl/N-ethyl adjacent to an activating group) is 1. The summed E-state index contributed by atoms with van der Waals surface area (Å²) < 4.78 is 0. The van der Waals surface area contributed by atoms with Crippen LogP contribution in [0.4, 0.5) is 5.69 Å². The van der Waals surface area contributed by atoms with Gasteiger partial charge in [0.2, 0.25) is 0 Å². The first kappa shape index (κ1) is 14.5. The number of nitrogens with one attached hydrogen (secondary N) is 1. The summed E-state index contributed by atoms with van der Waals surface area (Å²) in [5, 5.41) is 3.14. The number of hydrogen-bond acceptors (Lipinski definition) is 2. The molecule has 4 nitrogen and oxygen atoms in total. The molecule has 5 heteroatoms. The Morgan fingerprint density at radius 3 is 2.44 bits per heavy atom. The van der Waals surface area contributed by atoms with E-state index in [-0.39, 0.29) is 0 Å². The van der Waals surface area contributed by atoms with Crippen molar-refractivity contribution in [1.29, 1.82) is 0 Å². The Labute approximate surface area is 112 Å². The lowest BCUT2D eigenvalue weighted by Gasteiger charge is -2.18. The van der Waals surface area contributed by atoms with Gasteiger partial charge >= 0.3 is 11.8 Å². The molecule has 1 rings (SSSR count). The Hall–Kier alpha value is -1.55. The van der Waals surface area contributed by atoms with Crippen molar-refractivity contribution in [2.75, 3.05) is 18.4 Å². The summed E-state index contributed by atoms with van der Waals surface area (Å²) in [5.74, 6) is -1.16. The normalized spacial score (nSPS) is 10.0. The number of hydrogen-bond donors (Lipinski definition) is 1. The van der Waals surface area contributed by atoms with Crippen LogP contribution in [-0.4, -0.2) is 29.8 Å². The first-order valence-corrected chi connectivity index (χ1v) is 6.24. The molecule has 0 unspecified atom stereocenters. The van der Waals surface area contributed by atoms with Crippen LogP contribution in [0.3, 0.4) is 0 Å². The van der Waals surface area contributed by atoms with Crippen LogP contribution in [0.15, 0.2) is 18.2 Å². The Morgan fingerprint density at radius 2 is 1.89 bits per heavy atom. The molecule has 0 aliphatic carbocycles. The van der Waals surface area contributed by atoms with Gasteiger partial charge in [-0.15, -0.1) is 0 Å². The highest BCUT2D eigenvalue weighted by atomic mass is 35.5. The zero-order valence-corrected chi connectivity index (χ0v) is 11.5. The minimum Gasteiger partial charge on any atom is -0.335 e. The number of carbonyl (C=O) groups is 2. The molecule has 0 aromatic heterocycles. The average molecular weight is 269 g/mol. The molecule has 1 aromatic rings. The molecule has 0 fully saturated rings. The van der Waals surface area contributed by atoms with Crippen molar-refractivity contribution in [3.63, 3.8) is 0 Å².